The summed E-state index contributed by atoms with van der Waals surface area (Å²) >= 11 is 0. The van der Waals surface area contributed by atoms with E-state index < -0.39 is 12.8 Å². The number of ether oxygens (including phenoxy) is 2. The zero-order chi connectivity index (χ0) is 15.7. The minimum atomic E-state index is -4.29. The molecular formula is C14H21F3N2O2. The second-order valence-electron chi connectivity index (χ2n) is 4.45. The molecule has 120 valence electrons. The number of alkyl halides is 3. The molecule has 21 heavy (non-hydrogen) atoms. The molecule has 0 fully saturated rings. The lowest BCUT2D eigenvalue weighted by atomic mass is 10.1. The normalized spacial score (nSPS) is 13.2. The first-order valence-electron chi connectivity index (χ1n) is 6.92. The van der Waals surface area contributed by atoms with E-state index in [1.165, 1.54) is 0 Å². The SMILES string of the molecule is CCNC(CCOCC(F)(F)F)c1cncc(OCC)c1. The molecule has 0 aliphatic carbocycles. The van der Waals surface area contributed by atoms with Crippen molar-refractivity contribution in [1.29, 1.82) is 0 Å². The molecular weight excluding hydrogens is 285 g/mol. The van der Waals surface area contributed by atoms with Crippen molar-refractivity contribution >= 4 is 0 Å². The second kappa shape index (κ2) is 8.84. The van der Waals surface area contributed by atoms with Gasteiger partial charge < -0.3 is 14.8 Å². The predicted molar refractivity (Wildman–Crippen MR) is 73.3 cm³/mol. The maximum Gasteiger partial charge on any atom is 0.411 e. The summed E-state index contributed by atoms with van der Waals surface area (Å²) in [7, 11) is 0. The van der Waals surface area contributed by atoms with Gasteiger partial charge in [0.2, 0.25) is 0 Å². The van der Waals surface area contributed by atoms with E-state index in [0.717, 1.165) is 5.56 Å². The molecule has 0 saturated carbocycles. The van der Waals surface area contributed by atoms with Crippen LogP contribution in [-0.4, -0.2) is 37.5 Å². The summed E-state index contributed by atoms with van der Waals surface area (Å²) in [5.74, 6) is 0.647. The summed E-state index contributed by atoms with van der Waals surface area (Å²) < 4.78 is 46.1. The number of hydrogen-bond acceptors (Lipinski definition) is 4. The first-order chi connectivity index (χ1) is 9.96. The fourth-order valence-corrected chi connectivity index (χ4v) is 1.89. The number of nitrogens with one attached hydrogen (secondary N) is 1. The smallest absolute Gasteiger partial charge is 0.411 e. The van der Waals surface area contributed by atoms with Crippen molar-refractivity contribution in [1.82, 2.24) is 10.3 Å². The van der Waals surface area contributed by atoms with Gasteiger partial charge in [-0.25, -0.2) is 0 Å². The molecule has 1 rings (SSSR count). The molecule has 0 aromatic carbocycles. The van der Waals surface area contributed by atoms with Gasteiger partial charge in [0.1, 0.15) is 12.4 Å². The monoisotopic (exact) mass is 306 g/mol. The molecule has 0 saturated heterocycles. The van der Waals surface area contributed by atoms with Crippen molar-refractivity contribution in [2.24, 2.45) is 0 Å². The van der Waals surface area contributed by atoms with Gasteiger partial charge in [-0.2, -0.15) is 13.2 Å². The fraction of sp³-hybridized carbons (Fsp3) is 0.643. The van der Waals surface area contributed by atoms with Gasteiger partial charge in [-0.15, -0.1) is 0 Å². The Bertz CT molecular complexity index is 413. The molecule has 0 spiro atoms. The van der Waals surface area contributed by atoms with Gasteiger partial charge >= 0.3 is 6.18 Å². The molecule has 7 heteroatoms. The summed E-state index contributed by atoms with van der Waals surface area (Å²) in [4.78, 5) is 4.09. The molecule has 0 aliphatic rings. The van der Waals surface area contributed by atoms with Crippen molar-refractivity contribution in [3.05, 3.63) is 24.0 Å². The number of nitrogens with zero attached hydrogens (tertiary/aromatic N) is 1. The number of aromatic nitrogens is 1. The average Bonchev–Trinajstić information content (AvgIpc) is 2.42. The van der Waals surface area contributed by atoms with Gasteiger partial charge in [0.15, 0.2) is 0 Å². The van der Waals surface area contributed by atoms with Gasteiger partial charge in [-0.05, 0) is 31.5 Å². The number of hydrogen-bond donors (Lipinski definition) is 1. The molecule has 1 atom stereocenters. The standard InChI is InChI=1S/C14H21F3N2O2/c1-3-19-13(5-6-20-10-14(15,16)17)11-7-12(21-4-2)9-18-8-11/h7-9,13,19H,3-6,10H2,1-2H3. The highest BCUT2D eigenvalue weighted by atomic mass is 19.4. The molecule has 0 radical (unpaired) electrons. The van der Waals surface area contributed by atoms with Crippen molar-refractivity contribution in [3.8, 4) is 5.75 Å². The highest BCUT2D eigenvalue weighted by Crippen LogP contribution is 2.21. The van der Waals surface area contributed by atoms with E-state index in [-0.39, 0.29) is 12.6 Å². The molecule has 1 heterocycles. The molecule has 1 aromatic rings. The third kappa shape index (κ3) is 7.29. The Labute approximate surface area is 122 Å². The number of rotatable bonds is 9. The molecule has 0 aliphatic heterocycles. The van der Waals surface area contributed by atoms with E-state index in [2.05, 4.69) is 15.0 Å². The largest absolute Gasteiger partial charge is 0.492 e. The quantitative estimate of drug-likeness (QED) is 0.712. The third-order valence-corrected chi connectivity index (χ3v) is 2.71. The van der Waals surface area contributed by atoms with Crippen LogP contribution in [0, 0.1) is 0 Å². The van der Waals surface area contributed by atoms with Gasteiger partial charge in [0, 0.05) is 18.8 Å². The third-order valence-electron chi connectivity index (χ3n) is 2.71. The Hall–Kier alpha value is -1.34. The van der Waals surface area contributed by atoms with E-state index in [9.17, 15) is 13.2 Å². The summed E-state index contributed by atoms with van der Waals surface area (Å²) in [5, 5.41) is 3.21. The Morgan fingerprint density at radius 3 is 2.67 bits per heavy atom. The summed E-state index contributed by atoms with van der Waals surface area (Å²) in [5.41, 5.74) is 0.874. The zero-order valence-corrected chi connectivity index (χ0v) is 12.2. The Kier molecular flexibility index (Phi) is 7.45. The number of halogens is 3. The summed E-state index contributed by atoms with van der Waals surface area (Å²) in [6.45, 7) is 3.84. The van der Waals surface area contributed by atoms with Crippen LogP contribution in [0.15, 0.2) is 18.5 Å². The van der Waals surface area contributed by atoms with Crippen LogP contribution in [0.5, 0.6) is 5.75 Å². The van der Waals surface area contributed by atoms with Crippen LogP contribution in [0.2, 0.25) is 0 Å². The predicted octanol–water partition coefficient (Wildman–Crippen LogP) is 3.10. The molecule has 4 nitrogen and oxygen atoms in total. The van der Waals surface area contributed by atoms with Crippen LogP contribution in [0.1, 0.15) is 31.9 Å². The van der Waals surface area contributed by atoms with Crippen LogP contribution < -0.4 is 10.1 Å². The van der Waals surface area contributed by atoms with Gasteiger partial charge in [-0.3, -0.25) is 4.98 Å². The second-order valence-corrected chi connectivity index (χ2v) is 4.45. The van der Waals surface area contributed by atoms with Gasteiger partial charge in [0.05, 0.1) is 12.8 Å². The lowest BCUT2D eigenvalue weighted by Crippen LogP contribution is -2.24. The molecule has 0 bridgehead atoms. The van der Waals surface area contributed by atoms with E-state index in [1.54, 1.807) is 12.4 Å². The molecule has 1 N–H and O–H groups in total. The minimum absolute atomic E-state index is 0.0238. The molecule has 0 amide bonds. The molecule has 1 aromatic heterocycles. The summed E-state index contributed by atoms with van der Waals surface area (Å²) in [6.07, 6.45) is -0.568. The first kappa shape index (κ1) is 17.7. The highest BCUT2D eigenvalue weighted by Gasteiger charge is 2.27. The van der Waals surface area contributed by atoms with Crippen molar-refractivity contribution in [2.45, 2.75) is 32.5 Å². The van der Waals surface area contributed by atoms with Gasteiger partial charge in [-0.1, -0.05) is 6.92 Å². The van der Waals surface area contributed by atoms with Crippen LogP contribution in [-0.2, 0) is 4.74 Å². The topological polar surface area (TPSA) is 43.4 Å². The van der Waals surface area contributed by atoms with Crippen LogP contribution in [0.3, 0.4) is 0 Å². The van der Waals surface area contributed by atoms with E-state index >= 15 is 0 Å². The lowest BCUT2D eigenvalue weighted by Gasteiger charge is -2.19. The van der Waals surface area contributed by atoms with Crippen molar-refractivity contribution in [2.75, 3.05) is 26.4 Å². The maximum atomic E-state index is 12.0. The Morgan fingerprint density at radius 1 is 1.29 bits per heavy atom. The van der Waals surface area contributed by atoms with Crippen molar-refractivity contribution in [3.63, 3.8) is 0 Å². The minimum Gasteiger partial charge on any atom is -0.492 e. The van der Waals surface area contributed by atoms with Crippen LogP contribution in [0.25, 0.3) is 0 Å². The van der Waals surface area contributed by atoms with Gasteiger partial charge in [0.25, 0.3) is 0 Å². The van der Waals surface area contributed by atoms with E-state index in [1.807, 2.05) is 19.9 Å². The lowest BCUT2D eigenvalue weighted by molar-refractivity contribution is -0.174. The Morgan fingerprint density at radius 2 is 2.05 bits per heavy atom. The Balaban J connectivity index is 2.57. The number of pyridine rings is 1. The summed E-state index contributed by atoms with van der Waals surface area (Å²) in [6, 6.07) is 1.73. The fourth-order valence-electron chi connectivity index (χ4n) is 1.89. The first-order valence-corrected chi connectivity index (χ1v) is 6.92. The highest BCUT2D eigenvalue weighted by molar-refractivity contribution is 5.26. The average molecular weight is 306 g/mol. The van der Waals surface area contributed by atoms with E-state index in [4.69, 9.17) is 4.74 Å². The van der Waals surface area contributed by atoms with Crippen LogP contribution >= 0.6 is 0 Å². The van der Waals surface area contributed by atoms with Crippen molar-refractivity contribution < 1.29 is 22.6 Å². The molecule has 1 unspecified atom stereocenters. The van der Waals surface area contributed by atoms with Crippen LogP contribution in [0.4, 0.5) is 13.2 Å². The zero-order valence-electron chi connectivity index (χ0n) is 12.2. The maximum absolute atomic E-state index is 12.0. The van der Waals surface area contributed by atoms with E-state index in [0.29, 0.717) is 25.3 Å².